The topological polar surface area (TPSA) is 72.2 Å². The fraction of sp³-hybridized carbons (Fsp3) is 0.0667. The fourth-order valence-electron chi connectivity index (χ4n) is 1.66. The van der Waals surface area contributed by atoms with E-state index in [4.69, 9.17) is 5.73 Å². The van der Waals surface area contributed by atoms with Gasteiger partial charge in [0.2, 0.25) is 0 Å². The SMILES string of the molecule is CC(=O)c1ccc(NC(=O)c2ccc(N)c(Br)c2)cc1. The number of rotatable bonds is 3. The predicted molar refractivity (Wildman–Crippen MR) is 83.0 cm³/mol. The maximum atomic E-state index is 12.1. The number of carbonyl (C=O) groups excluding carboxylic acids is 2. The lowest BCUT2D eigenvalue weighted by Crippen LogP contribution is -2.12. The second kappa shape index (κ2) is 5.88. The van der Waals surface area contributed by atoms with Crippen molar-refractivity contribution in [2.75, 3.05) is 11.1 Å². The number of nitrogen functional groups attached to an aromatic ring is 1. The first-order valence-corrected chi connectivity index (χ1v) is 6.74. The Morgan fingerprint density at radius 1 is 1.05 bits per heavy atom. The molecule has 0 spiro atoms. The highest BCUT2D eigenvalue weighted by molar-refractivity contribution is 9.10. The molecule has 0 bridgehead atoms. The molecule has 0 fully saturated rings. The number of hydrogen-bond acceptors (Lipinski definition) is 3. The van der Waals surface area contributed by atoms with E-state index in [9.17, 15) is 9.59 Å². The minimum absolute atomic E-state index is 0.00894. The lowest BCUT2D eigenvalue weighted by Gasteiger charge is -2.07. The van der Waals surface area contributed by atoms with Gasteiger partial charge in [0.25, 0.3) is 5.91 Å². The molecule has 2 aromatic carbocycles. The molecule has 0 aliphatic rings. The molecule has 4 nitrogen and oxygen atoms in total. The van der Waals surface area contributed by atoms with Gasteiger partial charge >= 0.3 is 0 Å². The van der Waals surface area contributed by atoms with Gasteiger partial charge in [-0.3, -0.25) is 9.59 Å². The van der Waals surface area contributed by atoms with Crippen LogP contribution in [0, 0.1) is 0 Å². The van der Waals surface area contributed by atoms with Gasteiger partial charge in [-0.2, -0.15) is 0 Å². The van der Waals surface area contributed by atoms with Gasteiger partial charge in [-0.05, 0) is 65.3 Å². The Kier molecular flexibility index (Phi) is 4.20. The number of carbonyl (C=O) groups is 2. The summed E-state index contributed by atoms with van der Waals surface area (Å²) in [6, 6.07) is 11.7. The molecule has 2 rings (SSSR count). The number of anilines is 2. The zero-order valence-electron chi connectivity index (χ0n) is 10.8. The van der Waals surface area contributed by atoms with Crippen molar-refractivity contribution >= 4 is 39.0 Å². The van der Waals surface area contributed by atoms with Crippen molar-refractivity contribution in [3.63, 3.8) is 0 Å². The van der Waals surface area contributed by atoms with E-state index in [2.05, 4.69) is 21.2 Å². The number of hydrogen-bond donors (Lipinski definition) is 2. The first-order valence-electron chi connectivity index (χ1n) is 5.95. The molecule has 1 amide bonds. The summed E-state index contributed by atoms with van der Waals surface area (Å²) in [5, 5.41) is 2.76. The molecule has 0 aliphatic heterocycles. The van der Waals surface area contributed by atoms with Crippen LogP contribution < -0.4 is 11.1 Å². The van der Waals surface area contributed by atoms with E-state index in [1.165, 1.54) is 6.92 Å². The summed E-state index contributed by atoms with van der Waals surface area (Å²) >= 11 is 3.28. The van der Waals surface area contributed by atoms with Crippen LogP contribution in [-0.2, 0) is 0 Å². The molecule has 0 heterocycles. The van der Waals surface area contributed by atoms with E-state index >= 15 is 0 Å². The van der Waals surface area contributed by atoms with Crippen molar-refractivity contribution in [2.24, 2.45) is 0 Å². The number of amides is 1. The third-order valence-electron chi connectivity index (χ3n) is 2.81. The van der Waals surface area contributed by atoms with Gasteiger partial charge < -0.3 is 11.1 Å². The van der Waals surface area contributed by atoms with Gasteiger partial charge in [0, 0.05) is 27.0 Å². The molecule has 20 heavy (non-hydrogen) atoms. The van der Waals surface area contributed by atoms with E-state index in [-0.39, 0.29) is 11.7 Å². The van der Waals surface area contributed by atoms with Crippen LogP contribution in [0.5, 0.6) is 0 Å². The standard InChI is InChI=1S/C15H13BrN2O2/c1-9(19)10-2-5-12(6-3-10)18-15(20)11-4-7-14(17)13(16)8-11/h2-8H,17H2,1H3,(H,18,20). The van der Waals surface area contributed by atoms with Crippen LogP contribution in [0.15, 0.2) is 46.9 Å². The van der Waals surface area contributed by atoms with E-state index in [1.54, 1.807) is 42.5 Å². The van der Waals surface area contributed by atoms with Crippen molar-refractivity contribution in [2.45, 2.75) is 6.92 Å². The van der Waals surface area contributed by atoms with Gasteiger partial charge in [0.1, 0.15) is 0 Å². The average Bonchev–Trinajstić information content (AvgIpc) is 2.42. The molecule has 0 aromatic heterocycles. The van der Waals surface area contributed by atoms with Crippen LogP contribution in [0.1, 0.15) is 27.6 Å². The zero-order valence-corrected chi connectivity index (χ0v) is 12.4. The Bertz CT molecular complexity index is 666. The third kappa shape index (κ3) is 3.24. The van der Waals surface area contributed by atoms with E-state index in [0.29, 0.717) is 27.0 Å². The van der Waals surface area contributed by atoms with Crippen molar-refractivity contribution < 1.29 is 9.59 Å². The second-order valence-electron chi connectivity index (χ2n) is 4.32. The van der Waals surface area contributed by atoms with Crippen LogP contribution >= 0.6 is 15.9 Å². The first kappa shape index (κ1) is 14.3. The highest BCUT2D eigenvalue weighted by Gasteiger charge is 2.08. The summed E-state index contributed by atoms with van der Waals surface area (Å²) < 4.78 is 0.678. The normalized spacial score (nSPS) is 10.1. The van der Waals surface area contributed by atoms with Crippen LogP contribution in [0.3, 0.4) is 0 Å². The molecule has 0 saturated heterocycles. The summed E-state index contributed by atoms with van der Waals surface area (Å²) in [6.45, 7) is 1.50. The van der Waals surface area contributed by atoms with Crippen molar-refractivity contribution in [3.05, 3.63) is 58.1 Å². The second-order valence-corrected chi connectivity index (χ2v) is 5.18. The molecule has 2 aromatic rings. The highest BCUT2D eigenvalue weighted by Crippen LogP contribution is 2.21. The summed E-state index contributed by atoms with van der Waals surface area (Å²) in [6.07, 6.45) is 0. The van der Waals surface area contributed by atoms with E-state index in [0.717, 1.165) is 0 Å². The quantitative estimate of drug-likeness (QED) is 0.667. The number of nitrogens with one attached hydrogen (secondary N) is 1. The van der Waals surface area contributed by atoms with Crippen LogP contribution in [-0.4, -0.2) is 11.7 Å². The number of Topliss-reactive ketones (excluding diaryl/α,β-unsaturated/α-hetero) is 1. The Morgan fingerprint density at radius 2 is 1.65 bits per heavy atom. The van der Waals surface area contributed by atoms with Gasteiger partial charge in [-0.1, -0.05) is 0 Å². The molecule has 0 unspecified atom stereocenters. The van der Waals surface area contributed by atoms with Crippen molar-refractivity contribution in [1.29, 1.82) is 0 Å². The van der Waals surface area contributed by atoms with Gasteiger partial charge in [-0.25, -0.2) is 0 Å². The molecule has 102 valence electrons. The molecule has 0 saturated carbocycles. The molecule has 3 N–H and O–H groups in total. The monoisotopic (exact) mass is 332 g/mol. The minimum atomic E-state index is -0.235. The summed E-state index contributed by atoms with van der Waals surface area (Å²) in [4.78, 5) is 23.2. The maximum Gasteiger partial charge on any atom is 0.255 e. The maximum absolute atomic E-state index is 12.1. The Balaban J connectivity index is 2.14. The number of ketones is 1. The largest absolute Gasteiger partial charge is 0.398 e. The van der Waals surface area contributed by atoms with Crippen LogP contribution in [0.2, 0.25) is 0 Å². The Labute approximate surface area is 125 Å². The van der Waals surface area contributed by atoms with Gasteiger partial charge in [0.05, 0.1) is 0 Å². The summed E-state index contributed by atoms with van der Waals surface area (Å²) in [5.74, 6) is -0.244. The lowest BCUT2D eigenvalue weighted by atomic mass is 10.1. The lowest BCUT2D eigenvalue weighted by molar-refractivity contribution is 0.101. The van der Waals surface area contributed by atoms with Gasteiger partial charge in [-0.15, -0.1) is 0 Å². The first-order chi connectivity index (χ1) is 9.47. The Morgan fingerprint density at radius 3 is 2.20 bits per heavy atom. The summed E-state index contributed by atoms with van der Waals surface area (Å²) in [7, 11) is 0. The summed E-state index contributed by atoms with van der Waals surface area (Å²) in [5.41, 5.74) is 8.00. The highest BCUT2D eigenvalue weighted by atomic mass is 79.9. The van der Waals surface area contributed by atoms with Gasteiger partial charge in [0.15, 0.2) is 5.78 Å². The molecular formula is C15H13BrN2O2. The van der Waals surface area contributed by atoms with E-state index in [1.807, 2.05) is 0 Å². The molecule has 5 heteroatoms. The van der Waals surface area contributed by atoms with Crippen molar-refractivity contribution in [1.82, 2.24) is 0 Å². The third-order valence-corrected chi connectivity index (χ3v) is 3.50. The molecule has 0 radical (unpaired) electrons. The van der Waals surface area contributed by atoms with E-state index < -0.39 is 0 Å². The Hall–Kier alpha value is -2.14. The molecular weight excluding hydrogens is 320 g/mol. The molecule has 0 atom stereocenters. The van der Waals surface area contributed by atoms with Crippen LogP contribution in [0.25, 0.3) is 0 Å². The van der Waals surface area contributed by atoms with Crippen LogP contribution in [0.4, 0.5) is 11.4 Å². The molecule has 0 aliphatic carbocycles. The number of benzene rings is 2. The fourth-order valence-corrected chi connectivity index (χ4v) is 2.04. The predicted octanol–water partition coefficient (Wildman–Crippen LogP) is 3.49. The number of halogens is 1. The van der Waals surface area contributed by atoms with Crippen molar-refractivity contribution in [3.8, 4) is 0 Å². The smallest absolute Gasteiger partial charge is 0.255 e. The number of nitrogens with two attached hydrogens (primary N) is 1. The average molecular weight is 333 g/mol. The zero-order chi connectivity index (χ0) is 14.7. The minimum Gasteiger partial charge on any atom is -0.398 e.